The van der Waals surface area contributed by atoms with E-state index in [1.165, 1.54) is 0 Å². The van der Waals surface area contributed by atoms with Gasteiger partial charge in [0, 0.05) is 12.6 Å². The molecule has 0 heterocycles. The van der Waals surface area contributed by atoms with E-state index >= 15 is 0 Å². The largest absolute Gasteiger partial charge is 0.480 e. The summed E-state index contributed by atoms with van der Waals surface area (Å²) in [5, 5.41) is 11.6. The van der Waals surface area contributed by atoms with Crippen LogP contribution >= 0.6 is 0 Å². The number of carbonyl (C=O) groups is 2. The molecule has 0 aromatic rings. The van der Waals surface area contributed by atoms with Crippen molar-refractivity contribution in [2.45, 2.75) is 52.1 Å². The van der Waals surface area contributed by atoms with Gasteiger partial charge in [-0.05, 0) is 20.3 Å². The number of nitrogens with one attached hydrogen (secondary N) is 1. The minimum atomic E-state index is -0.987. The summed E-state index contributed by atoms with van der Waals surface area (Å²) in [6, 6.07) is -1.17. The number of carboxylic acids is 1. The third-order valence-corrected chi connectivity index (χ3v) is 2.65. The molecule has 0 radical (unpaired) electrons. The van der Waals surface area contributed by atoms with E-state index in [4.69, 9.17) is 5.11 Å². The Balaban J connectivity index is 4.54. The van der Waals surface area contributed by atoms with Gasteiger partial charge in [0.1, 0.15) is 6.04 Å². The van der Waals surface area contributed by atoms with Crippen LogP contribution in [-0.4, -0.2) is 40.6 Å². The maximum Gasteiger partial charge on any atom is 0.326 e. The number of rotatable bonds is 8. The van der Waals surface area contributed by atoms with Crippen LogP contribution in [0, 0.1) is 0 Å². The number of hydrogen-bond acceptors (Lipinski definition) is 2. The van der Waals surface area contributed by atoms with Gasteiger partial charge in [-0.3, -0.25) is 0 Å². The second-order valence-corrected chi connectivity index (χ2v) is 4.52. The summed E-state index contributed by atoms with van der Waals surface area (Å²) in [6.07, 6.45) is 3.76. The Hall–Kier alpha value is -1.52. The van der Waals surface area contributed by atoms with Gasteiger partial charge in [-0.15, -0.1) is 6.58 Å². The van der Waals surface area contributed by atoms with Crippen LogP contribution in [0.15, 0.2) is 12.7 Å². The molecule has 0 spiro atoms. The average molecular weight is 256 g/mol. The maximum atomic E-state index is 12.0. The summed E-state index contributed by atoms with van der Waals surface area (Å²) in [4.78, 5) is 24.5. The van der Waals surface area contributed by atoms with Crippen LogP contribution in [0.5, 0.6) is 0 Å². The molecule has 2 amide bonds. The molecule has 0 fully saturated rings. The number of hydrogen-bond donors (Lipinski definition) is 2. The van der Waals surface area contributed by atoms with Gasteiger partial charge in [0.05, 0.1) is 0 Å². The summed E-state index contributed by atoms with van der Waals surface area (Å²) in [5.41, 5.74) is 0. The Kier molecular flexibility index (Phi) is 7.83. The fourth-order valence-corrected chi connectivity index (χ4v) is 1.56. The van der Waals surface area contributed by atoms with Crippen molar-refractivity contribution in [1.82, 2.24) is 10.2 Å². The molecule has 5 nitrogen and oxygen atoms in total. The van der Waals surface area contributed by atoms with Gasteiger partial charge in [0.15, 0.2) is 0 Å². The first-order valence-electron chi connectivity index (χ1n) is 6.34. The van der Waals surface area contributed by atoms with Crippen molar-refractivity contribution in [3.05, 3.63) is 12.7 Å². The van der Waals surface area contributed by atoms with Crippen molar-refractivity contribution in [2.75, 3.05) is 6.54 Å². The molecule has 0 aliphatic rings. The first kappa shape index (κ1) is 16.5. The standard InChI is InChI=1S/C13H24N2O3/c1-5-7-8-11(12(16)17)14-13(18)15(9-6-2)10(3)4/h6,10-11H,2,5,7-9H2,1,3-4H3,(H,14,18)(H,16,17)/t11-/m0/s1. The zero-order chi connectivity index (χ0) is 14.1. The molecule has 0 aromatic heterocycles. The number of unbranched alkanes of at least 4 members (excludes halogenated alkanes) is 1. The van der Waals surface area contributed by atoms with Gasteiger partial charge < -0.3 is 15.3 Å². The van der Waals surface area contributed by atoms with E-state index in [9.17, 15) is 9.59 Å². The lowest BCUT2D eigenvalue weighted by Gasteiger charge is -2.27. The molecule has 0 aromatic carbocycles. The normalized spacial score (nSPS) is 12.0. The van der Waals surface area contributed by atoms with Gasteiger partial charge in [-0.1, -0.05) is 25.8 Å². The fraction of sp³-hybridized carbons (Fsp3) is 0.692. The van der Waals surface area contributed by atoms with Gasteiger partial charge in [0.2, 0.25) is 0 Å². The fourth-order valence-electron chi connectivity index (χ4n) is 1.56. The Morgan fingerprint density at radius 2 is 2.06 bits per heavy atom. The van der Waals surface area contributed by atoms with E-state index in [1.807, 2.05) is 20.8 Å². The highest BCUT2D eigenvalue weighted by Gasteiger charge is 2.23. The summed E-state index contributed by atoms with van der Waals surface area (Å²) in [6.45, 7) is 9.74. The molecule has 0 unspecified atom stereocenters. The lowest BCUT2D eigenvalue weighted by molar-refractivity contribution is -0.139. The van der Waals surface area contributed by atoms with Gasteiger partial charge in [0.25, 0.3) is 0 Å². The Morgan fingerprint density at radius 1 is 1.44 bits per heavy atom. The van der Waals surface area contributed by atoms with Crippen molar-refractivity contribution >= 4 is 12.0 Å². The number of nitrogens with zero attached hydrogens (tertiary/aromatic N) is 1. The second-order valence-electron chi connectivity index (χ2n) is 4.52. The molecule has 1 atom stereocenters. The predicted molar refractivity (Wildman–Crippen MR) is 71.5 cm³/mol. The minimum absolute atomic E-state index is 0.00335. The molecule has 0 aliphatic heterocycles. The first-order valence-corrected chi connectivity index (χ1v) is 6.34. The summed E-state index contributed by atoms with van der Waals surface area (Å²) in [5.74, 6) is -0.987. The molecule has 0 bridgehead atoms. The molecule has 18 heavy (non-hydrogen) atoms. The van der Waals surface area contributed by atoms with Gasteiger partial charge >= 0.3 is 12.0 Å². The van der Waals surface area contributed by atoms with Gasteiger partial charge in [-0.2, -0.15) is 0 Å². The highest BCUT2D eigenvalue weighted by Crippen LogP contribution is 2.04. The van der Waals surface area contributed by atoms with Crippen LogP contribution in [0.2, 0.25) is 0 Å². The molecule has 104 valence electrons. The van der Waals surface area contributed by atoms with Crippen molar-refractivity contribution in [3.8, 4) is 0 Å². The van der Waals surface area contributed by atoms with Gasteiger partial charge in [-0.25, -0.2) is 9.59 Å². The highest BCUT2D eigenvalue weighted by molar-refractivity contribution is 5.82. The number of carbonyl (C=O) groups excluding carboxylic acids is 1. The third-order valence-electron chi connectivity index (χ3n) is 2.65. The molecular formula is C13H24N2O3. The molecule has 0 saturated carbocycles. The molecule has 2 N–H and O–H groups in total. The van der Waals surface area contributed by atoms with Crippen LogP contribution < -0.4 is 5.32 Å². The third kappa shape index (κ3) is 5.70. The molecular weight excluding hydrogens is 232 g/mol. The minimum Gasteiger partial charge on any atom is -0.480 e. The van der Waals surface area contributed by atoms with Crippen molar-refractivity contribution < 1.29 is 14.7 Å². The van der Waals surface area contributed by atoms with E-state index in [1.54, 1.807) is 11.0 Å². The van der Waals surface area contributed by atoms with Crippen molar-refractivity contribution in [3.63, 3.8) is 0 Å². The molecule has 0 rings (SSSR count). The van der Waals surface area contributed by atoms with Crippen LogP contribution in [0.25, 0.3) is 0 Å². The van der Waals surface area contributed by atoms with Crippen LogP contribution in [0.4, 0.5) is 4.79 Å². The van der Waals surface area contributed by atoms with E-state index in [-0.39, 0.29) is 12.1 Å². The van der Waals surface area contributed by atoms with E-state index in [0.717, 1.165) is 12.8 Å². The van der Waals surface area contributed by atoms with Crippen molar-refractivity contribution in [2.24, 2.45) is 0 Å². The molecule has 0 saturated heterocycles. The Morgan fingerprint density at radius 3 is 2.44 bits per heavy atom. The highest BCUT2D eigenvalue weighted by atomic mass is 16.4. The number of urea groups is 1. The lowest BCUT2D eigenvalue weighted by atomic mass is 10.1. The zero-order valence-electron chi connectivity index (χ0n) is 11.5. The topological polar surface area (TPSA) is 69.6 Å². The number of aliphatic carboxylic acids is 1. The number of amides is 2. The molecule has 0 aliphatic carbocycles. The van der Waals surface area contributed by atoms with Crippen LogP contribution in [0.1, 0.15) is 40.0 Å². The SMILES string of the molecule is C=CCN(C(=O)N[C@@H](CCCC)C(=O)O)C(C)C. The lowest BCUT2D eigenvalue weighted by Crippen LogP contribution is -2.50. The smallest absolute Gasteiger partial charge is 0.326 e. The van der Waals surface area contributed by atoms with Crippen molar-refractivity contribution in [1.29, 1.82) is 0 Å². The maximum absolute atomic E-state index is 12.0. The van der Waals surface area contributed by atoms with E-state index in [0.29, 0.717) is 13.0 Å². The monoisotopic (exact) mass is 256 g/mol. The van der Waals surface area contributed by atoms with E-state index < -0.39 is 12.0 Å². The summed E-state index contributed by atoms with van der Waals surface area (Å²) in [7, 11) is 0. The number of carboxylic acid groups (broad SMARTS) is 1. The quantitative estimate of drug-likeness (QED) is 0.654. The Labute approximate surface area is 109 Å². The second kappa shape index (κ2) is 8.55. The summed E-state index contributed by atoms with van der Waals surface area (Å²) >= 11 is 0. The first-order chi connectivity index (χ1) is 8.43. The predicted octanol–water partition coefficient (Wildman–Crippen LogP) is 2.24. The van der Waals surface area contributed by atoms with E-state index in [2.05, 4.69) is 11.9 Å². The van der Waals surface area contributed by atoms with Crippen LogP contribution in [-0.2, 0) is 4.79 Å². The molecule has 5 heteroatoms. The summed E-state index contributed by atoms with van der Waals surface area (Å²) < 4.78 is 0. The zero-order valence-corrected chi connectivity index (χ0v) is 11.5. The average Bonchev–Trinajstić information content (AvgIpc) is 2.30. The van der Waals surface area contributed by atoms with Crippen LogP contribution in [0.3, 0.4) is 0 Å². The Bertz CT molecular complexity index is 290.